The molecule has 0 saturated carbocycles. The lowest BCUT2D eigenvalue weighted by molar-refractivity contribution is -0.137. The monoisotopic (exact) mass is 394 g/mol. The number of carbonyl (C=O) groups is 1. The van der Waals surface area contributed by atoms with E-state index in [1.165, 1.54) is 17.4 Å². The van der Waals surface area contributed by atoms with E-state index in [2.05, 4.69) is 10.3 Å². The average molecular weight is 394 g/mol. The fourth-order valence-corrected chi connectivity index (χ4v) is 3.26. The molecule has 1 N–H and O–H groups in total. The Balaban J connectivity index is 1.68. The summed E-state index contributed by atoms with van der Waals surface area (Å²) in [7, 11) is 0. The van der Waals surface area contributed by atoms with Gasteiger partial charge in [-0.3, -0.25) is 4.79 Å². The molecule has 0 spiro atoms. The lowest BCUT2D eigenvalue weighted by Crippen LogP contribution is -2.28. The highest BCUT2D eigenvalue weighted by molar-refractivity contribution is 7.13. The minimum absolute atomic E-state index is 0.00991. The summed E-state index contributed by atoms with van der Waals surface area (Å²) >= 11 is 1.48. The van der Waals surface area contributed by atoms with E-state index in [-0.39, 0.29) is 12.3 Å². The van der Waals surface area contributed by atoms with E-state index in [1.54, 1.807) is 19.9 Å². The van der Waals surface area contributed by atoms with Crippen LogP contribution >= 0.6 is 11.3 Å². The topological polar surface area (TPSA) is 55.1 Å². The molecule has 0 aliphatic heterocycles. The molecule has 142 valence electrons. The number of thiophene rings is 1. The molecule has 4 nitrogen and oxygen atoms in total. The molecule has 1 unspecified atom stereocenters. The van der Waals surface area contributed by atoms with Crippen LogP contribution < -0.4 is 5.32 Å². The standard InChI is InChI=1S/C19H17F3N2O2S/c1-11(13-5-3-6-14(9-13)19(20,21)22)23-17(25)10-15-12(2)26-18(24-15)16-7-4-8-27-16/h3-9,11H,10H2,1-2H3,(H,23,25). The van der Waals surface area contributed by atoms with Crippen LogP contribution in [0.3, 0.4) is 0 Å². The minimum Gasteiger partial charge on any atom is -0.440 e. The highest BCUT2D eigenvalue weighted by Crippen LogP contribution is 2.31. The Kier molecular flexibility index (Phi) is 5.36. The van der Waals surface area contributed by atoms with Gasteiger partial charge in [-0.1, -0.05) is 18.2 Å². The van der Waals surface area contributed by atoms with Gasteiger partial charge in [-0.05, 0) is 43.0 Å². The maximum Gasteiger partial charge on any atom is 0.416 e. The van der Waals surface area contributed by atoms with E-state index in [4.69, 9.17) is 4.42 Å². The Morgan fingerprint density at radius 3 is 2.74 bits per heavy atom. The average Bonchev–Trinajstić information content (AvgIpc) is 3.24. The normalized spacial score (nSPS) is 12.8. The van der Waals surface area contributed by atoms with Crippen molar-refractivity contribution in [2.24, 2.45) is 0 Å². The molecule has 27 heavy (non-hydrogen) atoms. The van der Waals surface area contributed by atoms with Gasteiger partial charge in [-0.25, -0.2) is 4.98 Å². The molecule has 0 fully saturated rings. The number of halogens is 3. The van der Waals surface area contributed by atoms with Crippen LogP contribution in [0.2, 0.25) is 0 Å². The molecule has 2 aromatic heterocycles. The predicted octanol–water partition coefficient (Wildman–Crippen LogP) is 5.15. The number of carbonyl (C=O) groups excluding carboxylic acids is 1. The Bertz CT molecular complexity index is 933. The molecule has 0 aliphatic rings. The van der Waals surface area contributed by atoms with Crippen molar-refractivity contribution in [3.8, 4) is 10.8 Å². The number of aryl methyl sites for hydroxylation is 1. The number of nitrogens with one attached hydrogen (secondary N) is 1. The first-order chi connectivity index (χ1) is 12.7. The molecule has 1 amide bonds. The fraction of sp³-hybridized carbons (Fsp3) is 0.263. The second kappa shape index (κ2) is 7.56. The largest absolute Gasteiger partial charge is 0.440 e. The number of hydrogen-bond donors (Lipinski definition) is 1. The van der Waals surface area contributed by atoms with Crippen LogP contribution in [0.4, 0.5) is 13.2 Å². The third kappa shape index (κ3) is 4.57. The molecule has 8 heteroatoms. The molecular weight excluding hydrogens is 377 g/mol. The van der Waals surface area contributed by atoms with E-state index in [9.17, 15) is 18.0 Å². The Morgan fingerprint density at radius 1 is 1.30 bits per heavy atom. The predicted molar refractivity (Wildman–Crippen MR) is 96.3 cm³/mol. The van der Waals surface area contributed by atoms with Crippen molar-refractivity contribution in [1.29, 1.82) is 0 Å². The molecule has 3 aromatic rings. The summed E-state index contributed by atoms with van der Waals surface area (Å²) in [6, 6.07) is 8.11. The summed E-state index contributed by atoms with van der Waals surface area (Å²) in [6.45, 7) is 3.36. The van der Waals surface area contributed by atoms with E-state index in [0.717, 1.165) is 17.0 Å². The van der Waals surface area contributed by atoms with Gasteiger partial charge in [-0.2, -0.15) is 13.2 Å². The maximum absolute atomic E-state index is 12.8. The highest BCUT2D eigenvalue weighted by Gasteiger charge is 2.30. The zero-order chi connectivity index (χ0) is 19.6. The molecule has 1 aromatic carbocycles. The van der Waals surface area contributed by atoms with Crippen LogP contribution in [0.25, 0.3) is 10.8 Å². The van der Waals surface area contributed by atoms with Crippen LogP contribution in [0.5, 0.6) is 0 Å². The van der Waals surface area contributed by atoms with Gasteiger partial charge in [0.05, 0.1) is 28.6 Å². The van der Waals surface area contributed by atoms with Crippen molar-refractivity contribution in [2.75, 3.05) is 0 Å². The van der Waals surface area contributed by atoms with E-state index < -0.39 is 17.8 Å². The van der Waals surface area contributed by atoms with Gasteiger partial charge >= 0.3 is 6.18 Å². The molecular formula is C19H17F3N2O2S. The Morgan fingerprint density at radius 2 is 2.07 bits per heavy atom. The fourth-order valence-electron chi connectivity index (χ4n) is 2.61. The maximum atomic E-state index is 12.8. The zero-order valence-corrected chi connectivity index (χ0v) is 15.4. The van der Waals surface area contributed by atoms with Gasteiger partial charge in [-0.15, -0.1) is 11.3 Å². The van der Waals surface area contributed by atoms with Gasteiger partial charge in [0.1, 0.15) is 5.76 Å². The first kappa shape index (κ1) is 19.2. The SMILES string of the molecule is Cc1oc(-c2cccs2)nc1CC(=O)NC(C)c1cccc(C(F)(F)F)c1. The van der Waals surface area contributed by atoms with Crippen molar-refractivity contribution in [3.05, 3.63) is 64.4 Å². The number of benzene rings is 1. The van der Waals surface area contributed by atoms with E-state index in [0.29, 0.717) is 22.9 Å². The number of oxazole rings is 1. The van der Waals surface area contributed by atoms with Crippen molar-refractivity contribution in [1.82, 2.24) is 10.3 Å². The highest BCUT2D eigenvalue weighted by atomic mass is 32.1. The van der Waals surface area contributed by atoms with Crippen LogP contribution in [0.1, 0.15) is 35.5 Å². The number of hydrogen-bond acceptors (Lipinski definition) is 4. The molecule has 0 radical (unpaired) electrons. The van der Waals surface area contributed by atoms with Crippen LogP contribution in [0.15, 0.2) is 46.2 Å². The van der Waals surface area contributed by atoms with Crippen LogP contribution in [-0.4, -0.2) is 10.9 Å². The molecule has 3 rings (SSSR count). The number of amides is 1. The first-order valence-corrected chi connectivity index (χ1v) is 9.08. The third-order valence-corrected chi connectivity index (χ3v) is 4.90. The van der Waals surface area contributed by atoms with Crippen molar-refractivity contribution in [3.63, 3.8) is 0 Å². The zero-order valence-electron chi connectivity index (χ0n) is 14.6. The van der Waals surface area contributed by atoms with Gasteiger partial charge < -0.3 is 9.73 Å². The van der Waals surface area contributed by atoms with Crippen LogP contribution in [-0.2, 0) is 17.4 Å². The van der Waals surface area contributed by atoms with Crippen molar-refractivity contribution in [2.45, 2.75) is 32.5 Å². The Hall–Kier alpha value is -2.61. The summed E-state index contributed by atoms with van der Waals surface area (Å²) in [5, 5.41) is 4.61. The minimum atomic E-state index is -4.42. The van der Waals surface area contributed by atoms with Gasteiger partial charge in [0.25, 0.3) is 0 Å². The van der Waals surface area contributed by atoms with E-state index in [1.807, 2.05) is 17.5 Å². The molecule has 0 aliphatic carbocycles. The number of nitrogens with zero attached hydrogens (tertiary/aromatic N) is 1. The third-order valence-electron chi connectivity index (χ3n) is 4.04. The van der Waals surface area contributed by atoms with Gasteiger partial charge in [0, 0.05) is 0 Å². The van der Waals surface area contributed by atoms with Gasteiger partial charge in [0.15, 0.2) is 0 Å². The Labute approximate surface area is 158 Å². The number of rotatable bonds is 5. The summed E-state index contributed by atoms with van der Waals surface area (Å²) in [5.41, 5.74) is 0.149. The summed E-state index contributed by atoms with van der Waals surface area (Å²) in [4.78, 5) is 17.5. The molecule has 1 atom stereocenters. The summed E-state index contributed by atoms with van der Waals surface area (Å²) in [5.74, 6) is 0.658. The number of aromatic nitrogens is 1. The molecule has 0 bridgehead atoms. The van der Waals surface area contributed by atoms with Crippen molar-refractivity contribution >= 4 is 17.2 Å². The summed E-state index contributed by atoms with van der Waals surface area (Å²) < 4.78 is 44.1. The lowest BCUT2D eigenvalue weighted by atomic mass is 10.0. The second-order valence-electron chi connectivity index (χ2n) is 6.09. The lowest BCUT2D eigenvalue weighted by Gasteiger charge is -2.16. The quantitative estimate of drug-likeness (QED) is 0.651. The van der Waals surface area contributed by atoms with Gasteiger partial charge in [0.2, 0.25) is 11.8 Å². The number of alkyl halides is 3. The summed E-state index contributed by atoms with van der Waals surface area (Å²) in [6.07, 6.45) is -4.43. The second-order valence-corrected chi connectivity index (χ2v) is 7.04. The molecule has 0 saturated heterocycles. The smallest absolute Gasteiger partial charge is 0.416 e. The molecule has 2 heterocycles. The van der Waals surface area contributed by atoms with Crippen molar-refractivity contribution < 1.29 is 22.4 Å². The van der Waals surface area contributed by atoms with E-state index >= 15 is 0 Å². The van der Waals surface area contributed by atoms with Crippen LogP contribution in [0, 0.1) is 6.92 Å². The first-order valence-electron chi connectivity index (χ1n) is 8.20.